The maximum absolute atomic E-state index is 10.7. The summed E-state index contributed by atoms with van der Waals surface area (Å²) in [5.41, 5.74) is 2.12. The molecule has 0 saturated heterocycles. The highest BCUT2D eigenvalue weighted by atomic mass is 16.5. The van der Waals surface area contributed by atoms with Gasteiger partial charge in [0, 0.05) is 11.5 Å². The Kier molecular flexibility index (Phi) is 3.69. The first-order valence-electron chi connectivity index (χ1n) is 4.87. The summed E-state index contributed by atoms with van der Waals surface area (Å²) in [6.45, 7) is 6.46. The number of ether oxygens (including phenoxy) is 1. The first-order valence-corrected chi connectivity index (χ1v) is 4.87. The van der Waals surface area contributed by atoms with Crippen molar-refractivity contribution in [2.75, 3.05) is 6.61 Å². The summed E-state index contributed by atoms with van der Waals surface area (Å²) in [5.74, 6) is 0.717. The lowest BCUT2D eigenvalue weighted by molar-refractivity contribution is -0.108. The first kappa shape index (κ1) is 10.8. The summed E-state index contributed by atoms with van der Waals surface area (Å²) in [4.78, 5) is 10.7. The normalized spacial score (nSPS) is 12.2. The van der Waals surface area contributed by atoms with Gasteiger partial charge in [-0.05, 0) is 19.9 Å². The zero-order valence-corrected chi connectivity index (χ0v) is 8.91. The molecule has 14 heavy (non-hydrogen) atoms. The second-order valence-corrected chi connectivity index (χ2v) is 3.40. The van der Waals surface area contributed by atoms with Gasteiger partial charge in [0.05, 0.1) is 6.61 Å². The van der Waals surface area contributed by atoms with E-state index in [1.165, 1.54) is 0 Å². The van der Waals surface area contributed by atoms with E-state index in [9.17, 15) is 4.79 Å². The Labute approximate surface area is 84.9 Å². The van der Waals surface area contributed by atoms with E-state index in [0.717, 1.165) is 23.2 Å². The molecule has 1 aromatic rings. The summed E-state index contributed by atoms with van der Waals surface area (Å²) in [7, 11) is 0. The Bertz CT molecular complexity index is 318. The zero-order valence-electron chi connectivity index (χ0n) is 8.91. The van der Waals surface area contributed by atoms with Gasteiger partial charge in [0.2, 0.25) is 0 Å². The summed E-state index contributed by atoms with van der Waals surface area (Å²) in [6, 6.07) is 5.92. The van der Waals surface area contributed by atoms with Crippen molar-refractivity contribution in [1.82, 2.24) is 0 Å². The third-order valence-corrected chi connectivity index (χ3v) is 2.16. The lowest BCUT2D eigenvalue weighted by atomic mass is 9.99. The summed E-state index contributed by atoms with van der Waals surface area (Å²) < 4.78 is 5.46. The van der Waals surface area contributed by atoms with Gasteiger partial charge in [-0.1, -0.05) is 24.6 Å². The van der Waals surface area contributed by atoms with Gasteiger partial charge in [-0.3, -0.25) is 0 Å². The fourth-order valence-electron chi connectivity index (χ4n) is 1.38. The van der Waals surface area contributed by atoms with Crippen molar-refractivity contribution in [2.24, 2.45) is 0 Å². The number of aldehydes is 1. The van der Waals surface area contributed by atoms with Crippen molar-refractivity contribution in [2.45, 2.75) is 26.7 Å². The molecule has 0 aromatic heterocycles. The molecule has 0 heterocycles. The van der Waals surface area contributed by atoms with Gasteiger partial charge < -0.3 is 9.53 Å². The Morgan fingerprint density at radius 3 is 2.79 bits per heavy atom. The molecule has 0 fully saturated rings. The highest BCUT2D eigenvalue weighted by Crippen LogP contribution is 2.26. The van der Waals surface area contributed by atoms with Crippen molar-refractivity contribution in [3.05, 3.63) is 29.3 Å². The van der Waals surface area contributed by atoms with Crippen molar-refractivity contribution >= 4 is 6.29 Å². The van der Waals surface area contributed by atoms with Crippen LogP contribution in [-0.2, 0) is 4.79 Å². The fraction of sp³-hybridized carbons (Fsp3) is 0.417. The van der Waals surface area contributed by atoms with Crippen LogP contribution in [0.15, 0.2) is 18.2 Å². The minimum Gasteiger partial charge on any atom is -0.494 e. The Hall–Kier alpha value is -1.31. The SMILES string of the molecule is CCOc1ccc(C)cc1C(C)C=O. The summed E-state index contributed by atoms with van der Waals surface area (Å²) in [6.07, 6.45) is 0.942. The van der Waals surface area contributed by atoms with Gasteiger partial charge in [-0.15, -0.1) is 0 Å². The van der Waals surface area contributed by atoms with Crippen LogP contribution in [0.1, 0.15) is 30.9 Å². The molecule has 0 aliphatic rings. The van der Waals surface area contributed by atoms with E-state index in [0.29, 0.717) is 6.61 Å². The van der Waals surface area contributed by atoms with Gasteiger partial charge in [0.25, 0.3) is 0 Å². The van der Waals surface area contributed by atoms with Crippen molar-refractivity contribution in [3.8, 4) is 5.75 Å². The van der Waals surface area contributed by atoms with Crippen molar-refractivity contribution in [3.63, 3.8) is 0 Å². The molecular formula is C12H16O2. The Balaban J connectivity index is 3.08. The monoisotopic (exact) mass is 192 g/mol. The molecule has 1 unspecified atom stereocenters. The number of rotatable bonds is 4. The van der Waals surface area contributed by atoms with Crippen molar-refractivity contribution < 1.29 is 9.53 Å². The van der Waals surface area contributed by atoms with Gasteiger partial charge in [0.1, 0.15) is 12.0 Å². The predicted molar refractivity (Wildman–Crippen MR) is 56.8 cm³/mol. The van der Waals surface area contributed by atoms with Crippen LogP contribution in [0.25, 0.3) is 0 Å². The third-order valence-electron chi connectivity index (χ3n) is 2.16. The molecule has 0 N–H and O–H groups in total. The van der Waals surface area contributed by atoms with Crippen LogP contribution < -0.4 is 4.74 Å². The first-order chi connectivity index (χ1) is 6.69. The maximum atomic E-state index is 10.7. The van der Waals surface area contributed by atoms with Gasteiger partial charge in [-0.25, -0.2) is 0 Å². The van der Waals surface area contributed by atoms with Crippen LogP contribution in [0.2, 0.25) is 0 Å². The molecule has 0 saturated carbocycles. The smallest absolute Gasteiger partial charge is 0.127 e. The number of hydrogen-bond acceptors (Lipinski definition) is 2. The number of carbonyl (C=O) groups excluding carboxylic acids is 1. The van der Waals surface area contributed by atoms with Crippen LogP contribution in [0.4, 0.5) is 0 Å². The average Bonchev–Trinajstić information content (AvgIpc) is 2.20. The quantitative estimate of drug-likeness (QED) is 0.685. The molecule has 0 bridgehead atoms. The standard InChI is InChI=1S/C12H16O2/c1-4-14-12-6-5-9(2)7-11(12)10(3)8-13/h5-8,10H,4H2,1-3H3. The number of aryl methyl sites for hydroxylation is 1. The number of benzene rings is 1. The summed E-state index contributed by atoms with van der Waals surface area (Å²) >= 11 is 0. The van der Waals surface area contributed by atoms with Gasteiger partial charge in [0.15, 0.2) is 0 Å². The number of hydrogen-bond donors (Lipinski definition) is 0. The van der Waals surface area contributed by atoms with Crippen LogP contribution in [0.3, 0.4) is 0 Å². The Morgan fingerprint density at radius 1 is 1.50 bits per heavy atom. The van der Waals surface area contributed by atoms with Crippen LogP contribution in [0, 0.1) is 6.92 Å². The minimum atomic E-state index is -0.101. The van der Waals surface area contributed by atoms with Crippen molar-refractivity contribution in [1.29, 1.82) is 0 Å². The number of carbonyl (C=O) groups is 1. The molecule has 2 nitrogen and oxygen atoms in total. The lowest BCUT2D eigenvalue weighted by Crippen LogP contribution is -2.01. The van der Waals surface area contributed by atoms with Crippen LogP contribution in [-0.4, -0.2) is 12.9 Å². The molecule has 1 aromatic carbocycles. The fourth-order valence-corrected chi connectivity index (χ4v) is 1.38. The van der Waals surface area contributed by atoms with Gasteiger partial charge >= 0.3 is 0 Å². The second kappa shape index (κ2) is 4.80. The molecule has 2 heteroatoms. The predicted octanol–water partition coefficient (Wildman–Crippen LogP) is 2.70. The lowest BCUT2D eigenvalue weighted by Gasteiger charge is -2.12. The van der Waals surface area contributed by atoms with Crippen LogP contribution >= 0.6 is 0 Å². The maximum Gasteiger partial charge on any atom is 0.127 e. The molecule has 0 aliphatic carbocycles. The Morgan fingerprint density at radius 2 is 2.21 bits per heavy atom. The van der Waals surface area contributed by atoms with E-state index < -0.39 is 0 Å². The van der Waals surface area contributed by atoms with E-state index in [1.807, 2.05) is 39.0 Å². The molecule has 0 aliphatic heterocycles. The van der Waals surface area contributed by atoms with E-state index in [4.69, 9.17) is 4.74 Å². The third kappa shape index (κ3) is 2.34. The highest BCUT2D eigenvalue weighted by molar-refractivity contribution is 5.64. The molecule has 0 radical (unpaired) electrons. The zero-order chi connectivity index (χ0) is 10.6. The molecule has 0 amide bonds. The van der Waals surface area contributed by atoms with E-state index >= 15 is 0 Å². The second-order valence-electron chi connectivity index (χ2n) is 3.40. The average molecular weight is 192 g/mol. The molecular weight excluding hydrogens is 176 g/mol. The summed E-state index contributed by atoms with van der Waals surface area (Å²) in [5, 5.41) is 0. The molecule has 76 valence electrons. The van der Waals surface area contributed by atoms with E-state index in [1.54, 1.807) is 0 Å². The van der Waals surface area contributed by atoms with E-state index in [2.05, 4.69) is 0 Å². The highest BCUT2D eigenvalue weighted by Gasteiger charge is 2.10. The molecule has 1 rings (SSSR count). The molecule has 1 atom stereocenters. The van der Waals surface area contributed by atoms with Gasteiger partial charge in [-0.2, -0.15) is 0 Å². The largest absolute Gasteiger partial charge is 0.494 e. The molecule has 0 spiro atoms. The van der Waals surface area contributed by atoms with Crippen LogP contribution in [0.5, 0.6) is 5.75 Å². The van der Waals surface area contributed by atoms with E-state index in [-0.39, 0.29) is 5.92 Å². The minimum absolute atomic E-state index is 0.101. The topological polar surface area (TPSA) is 26.3 Å².